The standard InChI is InChI=1S/C14H11BrF3N/c1-8-3-2-4-13(14(8)15)19-7-9-5-11(17)12(18)6-10(9)16/h2-6,19H,7H2,1H3. The average molecular weight is 330 g/mol. The summed E-state index contributed by atoms with van der Waals surface area (Å²) in [4.78, 5) is 0. The molecule has 0 aliphatic rings. The van der Waals surface area contributed by atoms with E-state index in [-0.39, 0.29) is 12.1 Å². The van der Waals surface area contributed by atoms with Crippen molar-refractivity contribution >= 4 is 21.6 Å². The minimum Gasteiger partial charge on any atom is -0.380 e. The number of aryl methyl sites for hydroxylation is 1. The summed E-state index contributed by atoms with van der Waals surface area (Å²) in [6.45, 7) is 2.00. The molecular weight excluding hydrogens is 319 g/mol. The second kappa shape index (κ2) is 5.65. The summed E-state index contributed by atoms with van der Waals surface area (Å²) in [7, 11) is 0. The SMILES string of the molecule is Cc1cccc(NCc2cc(F)c(F)cc2F)c1Br. The van der Waals surface area contributed by atoms with Crippen molar-refractivity contribution in [1.82, 2.24) is 0 Å². The van der Waals surface area contributed by atoms with Crippen molar-refractivity contribution in [2.24, 2.45) is 0 Å². The highest BCUT2D eigenvalue weighted by Crippen LogP contribution is 2.26. The molecule has 0 unspecified atom stereocenters. The van der Waals surface area contributed by atoms with Crippen molar-refractivity contribution in [3.8, 4) is 0 Å². The highest BCUT2D eigenvalue weighted by molar-refractivity contribution is 9.10. The Morgan fingerprint density at radius 2 is 1.74 bits per heavy atom. The smallest absolute Gasteiger partial charge is 0.161 e. The van der Waals surface area contributed by atoms with Crippen molar-refractivity contribution in [3.63, 3.8) is 0 Å². The summed E-state index contributed by atoms with van der Waals surface area (Å²) >= 11 is 3.41. The molecule has 2 aromatic carbocycles. The van der Waals surface area contributed by atoms with Crippen LogP contribution in [0.3, 0.4) is 0 Å². The fraction of sp³-hybridized carbons (Fsp3) is 0.143. The minimum absolute atomic E-state index is 0.0745. The Kier molecular flexibility index (Phi) is 4.14. The highest BCUT2D eigenvalue weighted by Gasteiger charge is 2.10. The van der Waals surface area contributed by atoms with Crippen LogP contribution in [-0.2, 0) is 6.54 Å². The number of halogens is 4. The molecule has 0 heterocycles. The Morgan fingerprint density at radius 3 is 2.47 bits per heavy atom. The van der Waals surface area contributed by atoms with E-state index in [2.05, 4.69) is 21.2 Å². The van der Waals surface area contributed by atoms with E-state index in [0.717, 1.165) is 21.8 Å². The first kappa shape index (κ1) is 13.9. The summed E-state index contributed by atoms with van der Waals surface area (Å²) < 4.78 is 40.2. The Labute approximate surface area is 117 Å². The number of benzene rings is 2. The zero-order valence-corrected chi connectivity index (χ0v) is 11.7. The molecule has 2 rings (SSSR count). The van der Waals surface area contributed by atoms with Gasteiger partial charge < -0.3 is 5.32 Å². The van der Waals surface area contributed by atoms with Crippen LogP contribution in [0.25, 0.3) is 0 Å². The molecule has 5 heteroatoms. The van der Waals surface area contributed by atoms with Gasteiger partial charge in [0.25, 0.3) is 0 Å². The van der Waals surface area contributed by atoms with Gasteiger partial charge in [0.15, 0.2) is 11.6 Å². The fourth-order valence-corrected chi connectivity index (χ4v) is 2.08. The van der Waals surface area contributed by atoms with Crippen molar-refractivity contribution in [1.29, 1.82) is 0 Å². The molecule has 0 bridgehead atoms. The van der Waals surface area contributed by atoms with Crippen LogP contribution in [0.4, 0.5) is 18.9 Å². The van der Waals surface area contributed by atoms with E-state index >= 15 is 0 Å². The van der Waals surface area contributed by atoms with Gasteiger partial charge in [-0.25, -0.2) is 13.2 Å². The lowest BCUT2D eigenvalue weighted by Gasteiger charge is -2.11. The van der Waals surface area contributed by atoms with Gasteiger partial charge in [-0.15, -0.1) is 0 Å². The van der Waals surface area contributed by atoms with Gasteiger partial charge in [-0.2, -0.15) is 0 Å². The Hall–Kier alpha value is -1.49. The molecule has 2 aromatic rings. The van der Waals surface area contributed by atoms with Gasteiger partial charge in [0.2, 0.25) is 0 Å². The molecule has 0 spiro atoms. The van der Waals surface area contributed by atoms with Crippen LogP contribution in [0.5, 0.6) is 0 Å². The number of anilines is 1. The third-order valence-corrected chi connectivity index (χ3v) is 3.80. The molecule has 0 amide bonds. The number of hydrogen-bond acceptors (Lipinski definition) is 1. The van der Waals surface area contributed by atoms with E-state index in [0.29, 0.717) is 6.07 Å². The average Bonchev–Trinajstić information content (AvgIpc) is 2.37. The van der Waals surface area contributed by atoms with Crippen LogP contribution in [-0.4, -0.2) is 0 Å². The first-order valence-corrected chi connectivity index (χ1v) is 6.40. The quantitative estimate of drug-likeness (QED) is 0.798. The monoisotopic (exact) mass is 329 g/mol. The van der Waals surface area contributed by atoms with E-state index in [9.17, 15) is 13.2 Å². The van der Waals surface area contributed by atoms with Crippen LogP contribution in [0.15, 0.2) is 34.8 Å². The molecule has 19 heavy (non-hydrogen) atoms. The van der Waals surface area contributed by atoms with Gasteiger partial charge in [0.1, 0.15) is 5.82 Å². The summed E-state index contributed by atoms with van der Waals surface area (Å²) in [5.41, 5.74) is 1.87. The zero-order chi connectivity index (χ0) is 14.0. The van der Waals surface area contributed by atoms with Gasteiger partial charge in [-0.1, -0.05) is 12.1 Å². The zero-order valence-electron chi connectivity index (χ0n) is 10.1. The Morgan fingerprint density at radius 1 is 1.05 bits per heavy atom. The number of rotatable bonds is 3. The maximum Gasteiger partial charge on any atom is 0.161 e. The van der Waals surface area contributed by atoms with Gasteiger partial charge in [0.05, 0.1) is 0 Å². The molecule has 0 aromatic heterocycles. The summed E-state index contributed by atoms with van der Waals surface area (Å²) in [5.74, 6) is -3.00. The summed E-state index contributed by atoms with van der Waals surface area (Å²) in [5, 5.41) is 2.98. The van der Waals surface area contributed by atoms with Gasteiger partial charge in [-0.05, 0) is 40.5 Å². The predicted octanol–water partition coefficient (Wildman–Crippen LogP) is 4.79. The highest BCUT2D eigenvalue weighted by atomic mass is 79.9. The number of hydrogen-bond donors (Lipinski definition) is 1. The minimum atomic E-state index is -1.18. The topological polar surface area (TPSA) is 12.0 Å². The second-order valence-electron chi connectivity index (χ2n) is 4.15. The molecule has 0 aliphatic carbocycles. The van der Waals surface area contributed by atoms with Crippen molar-refractivity contribution in [3.05, 3.63) is 63.4 Å². The van der Waals surface area contributed by atoms with Crippen LogP contribution < -0.4 is 5.32 Å². The normalized spacial score (nSPS) is 10.6. The van der Waals surface area contributed by atoms with Crippen LogP contribution in [0, 0.1) is 24.4 Å². The molecule has 0 saturated heterocycles. The first-order chi connectivity index (χ1) is 8.99. The molecule has 100 valence electrons. The van der Waals surface area contributed by atoms with E-state index < -0.39 is 17.5 Å². The van der Waals surface area contributed by atoms with E-state index in [4.69, 9.17) is 0 Å². The maximum absolute atomic E-state index is 13.5. The van der Waals surface area contributed by atoms with Crippen LogP contribution in [0.1, 0.15) is 11.1 Å². The van der Waals surface area contributed by atoms with E-state index in [1.807, 2.05) is 25.1 Å². The summed E-state index contributed by atoms with van der Waals surface area (Å²) in [6, 6.07) is 7.01. The third-order valence-electron chi connectivity index (χ3n) is 2.75. The van der Waals surface area contributed by atoms with Gasteiger partial charge in [0, 0.05) is 28.3 Å². The predicted molar refractivity (Wildman–Crippen MR) is 72.5 cm³/mol. The lowest BCUT2D eigenvalue weighted by atomic mass is 10.2. The Balaban J connectivity index is 2.19. The van der Waals surface area contributed by atoms with Gasteiger partial charge in [-0.3, -0.25) is 0 Å². The van der Waals surface area contributed by atoms with E-state index in [1.165, 1.54) is 0 Å². The summed E-state index contributed by atoms with van der Waals surface area (Å²) in [6.07, 6.45) is 0. The maximum atomic E-state index is 13.5. The fourth-order valence-electron chi connectivity index (χ4n) is 1.67. The molecule has 0 saturated carbocycles. The number of nitrogens with one attached hydrogen (secondary N) is 1. The molecule has 0 aliphatic heterocycles. The molecule has 0 atom stereocenters. The Bertz CT molecular complexity index is 614. The largest absolute Gasteiger partial charge is 0.380 e. The van der Waals surface area contributed by atoms with Crippen molar-refractivity contribution in [2.45, 2.75) is 13.5 Å². The van der Waals surface area contributed by atoms with E-state index in [1.54, 1.807) is 0 Å². The molecule has 1 N–H and O–H groups in total. The molecule has 0 fully saturated rings. The van der Waals surface area contributed by atoms with Crippen molar-refractivity contribution in [2.75, 3.05) is 5.32 Å². The van der Waals surface area contributed by atoms with Crippen LogP contribution in [0.2, 0.25) is 0 Å². The van der Waals surface area contributed by atoms with Crippen LogP contribution >= 0.6 is 15.9 Å². The molecule has 1 nitrogen and oxygen atoms in total. The third kappa shape index (κ3) is 3.10. The van der Waals surface area contributed by atoms with Gasteiger partial charge >= 0.3 is 0 Å². The molecular formula is C14H11BrF3N. The van der Waals surface area contributed by atoms with Crippen molar-refractivity contribution < 1.29 is 13.2 Å². The first-order valence-electron chi connectivity index (χ1n) is 5.61. The lowest BCUT2D eigenvalue weighted by Crippen LogP contribution is -2.04. The second-order valence-corrected chi connectivity index (χ2v) is 4.94. The lowest BCUT2D eigenvalue weighted by molar-refractivity contribution is 0.490. The molecule has 0 radical (unpaired) electrons.